The number of amides is 1. The van der Waals surface area contributed by atoms with Crippen molar-refractivity contribution in [2.45, 2.75) is 32.1 Å². The minimum Gasteiger partial charge on any atom is -0.466 e. The minimum atomic E-state index is -1.27. The predicted molar refractivity (Wildman–Crippen MR) is 69.8 cm³/mol. The zero-order valence-corrected chi connectivity index (χ0v) is 11.1. The van der Waals surface area contributed by atoms with Gasteiger partial charge in [0.05, 0.1) is 19.1 Å². The minimum absolute atomic E-state index is 0.200. The Bertz CT molecular complexity index is 528. The molecular formula is C14H17NO5. The molecule has 0 fully saturated rings. The van der Waals surface area contributed by atoms with Crippen LogP contribution in [0.15, 0.2) is 18.2 Å². The first-order chi connectivity index (χ1) is 9.52. The van der Waals surface area contributed by atoms with E-state index in [1.165, 1.54) is 6.07 Å². The van der Waals surface area contributed by atoms with Crippen LogP contribution >= 0.6 is 0 Å². The van der Waals surface area contributed by atoms with Gasteiger partial charge in [-0.2, -0.15) is 0 Å². The average Bonchev–Trinajstić information content (AvgIpc) is 2.79. The lowest BCUT2D eigenvalue weighted by Gasteiger charge is -2.18. The average molecular weight is 279 g/mol. The molecule has 1 aliphatic rings. The van der Waals surface area contributed by atoms with Crippen molar-refractivity contribution in [2.24, 2.45) is 0 Å². The van der Waals surface area contributed by atoms with Crippen molar-refractivity contribution in [3.63, 3.8) is 0 Å². The molecule has 0 aliphatic carbocycles. The van der Waals surface area contributed by atoms with Gasteiger partial charge in [0.1, 0.15) is 6.10 Å². The Kier molecular flexibility index (Phi) is 4.36. The highest BCUT2D eigenvalue weighted by Gasteiger charge is 2.25. The van der Waals surface area contributed by atoms with E-state index in [1.807, 2.05) is 0 Å². The third-order valence-electron chi connectivity index (χ3n) is 3.21. The van der Waals surface area contributed by atoms with E-state index >= 15 is 0 Å². The summed E-state index contributed by atoms with van der Waals surface area (Å²) in [6.07, 6.45) is -2.80. The lowest BCUT2D eigenvalue weighted by atomic mass is 9.98. The third kappa shape index (κ3) is 2.97. The van der Waals surface area contributed by atoms with Crippen molar-refractivity contribution >= 4 is 11.9 Å². The highest BCUT2D eigenvalue weighted by molar-refractivity contribution is 5.98. The number of hydrogen-bond donors (Lipinski definition) is 3. The third-order valence-corrected chi connectivity index (χ3v) is 3.21. The summed E-state index contributed by atoms with van der Waals surface area (Å²) in [4.78, 5) is 22.8. The van der Waals surface area contributed by atoms with Gasteiger partial charge >= 0.3 is 5.97 Å². The molecule has 1 aromatic rings. The number of nitrogens with one attached hydrogen (secondary N) is 1. The fourth-order valence-electron chi connectivity index (χ4n) is 2.14. The highest BCUT2D eigenvalue weighted by Crippen LogP contribution is 2.24. The Morgan fingerprint density at radius 3 is 2.90 bits per heavy atom. The summed E-state index contributed by atoms with van der Waals surface area (Å²) in [6.45, 7) is 2.36. The number of aliphatic hydroxyl groups is 2. The zero-order chi connectivity index (χ0) is 14.7. The van der Waals surface area contributed by atoms with Crippen LogP contribution in [0.5, 0.6) is 0 Å². The number of ether oxygens (including phenoxy) is 1. The number of esters is 1. The highest BCUT2D eigenvalue weighted by atomic mass is 16.5. The molecule has 1 aromatic carbocycles. The number of hydrogen-bond acceptors (Lipinski definition) is 5. The maximum atomic E-state index is 11.5. The predicted octanol–water partition coefficient (Wildman–Crippen LogP) is 0.278. The molecule has 1 heterocycles. The van der Waals surface area contributed by atoms with Gasteiger partial charge in [0, 0.05) is 12.1 Å². The summed E-state index contributed by atoms with van der Waals surface area (Å²) in [6, 6.07) is 4.90. The van der Waals surface area contributed by atoms with Crippen LogP contribution in [0.2, 0.25) is 0 Å². The summed E-state index contributed by atoms with van der Waals surface area (Å²) in [7, 11) is 0. The van der Waals surface area contributed by atoms with Gasteiger partial charge in [-0.05, 0) is 24.1 Å². The summed E-state index contributed by atoms with van der Waals surface area (Å²) < 4.78 is 4.72. The van der Waals surface area contributed by atoms with Crippen LogP contribution in [0, 0.1) is 0 Å². The van der Waals surface area contributed by atoms with E-state index < -0.39 is 18.2 Å². The van der Waals surface area contributed by atoms with Crippen LogP contribution in [-0.2, 0) is 16.1 Å². The largest absolute Gasteiger partial charge is 0.466 e. The number of carbonyl (C=O) groups excluding carboxylic acids is 2. The topological polar surface area (TPSA) is 95.9 Å². The standard InChI is InChI=1S/C14H17NO5/c1-2-20-12(17)6-11(16)13(18)8-3-4-9-7-15-14(19)10(9)5-8/h3-5,11,13,16,18H,2,6-7H2,1H3,(H,15,19). The van der Waals surface area contributed by atoms with Crippen LogP contribution in [0.25, 0.3) is 0 Å². The van der Waals surface area contributed by atoms with E-state index in [0.717, 1.165) is 5.56 Å². The number of benzene rings is 1. The Labute approximate surface area is 116 Å². The van der Waals surface area contributed by atoms with Crippen molar-refractivity contribution in [1.29, 1.82) is 0 Å². The number of carbonyl (C=O) groups is 2. The van der Waals surface area contributed by atoms with Gasteiger partial charge in [-0.15, -0.1) is 0 Å². The van der Waals surface area contributed by atoms with Crippen LogP contribution in [-0.4, -0.2) is 34.8 Å². The molecule has 0 spiro atoms. The monoisotopic (exact) mass is 279 g/mol. The number of aliphatic hydroxyl groups excluding tert-OH is 2. The van der Waals surface area contributed by atoms with E-state index in [4.69, 9.17) is 4.74 Å². The van der Waals surface area contributed by atoms with E-state index in [1.54, 1.807) is 19.1 Å². The zero-order valence-electron chi connectivity index (χ0n) is 11.1. The van der Waals surface area contributed by atoms with Crippen molar-refractivity contribution in [1.82, 2.24) is 5.32 Å². The lowest BCUT2D eigenvalue weighted by Crippen LogP contribution is -2.23. The van der Waals surface area contributed by atoms with Gasteiger partial charge < -0.3 is 20.3 Å². The first-order valence-electron chi connectivity index (χ1n) is 6.45. The molecule has 108 valence electrons. The fourth-order valence-corrected chi connectivity index (χ4v) is 2.14. The molecule has 6 heteroatoms. The summed E-state index contributed by atoms with van der Waals surface area (Å²) in [5.74, 6) is -0.771. The van der Waals surface area contributed by atoms with E-state index in [9.17, 15) is 19.8 Å². The van der Waals surface area contributed by atoms with Crippen molar-refractivity contribution < 1.29 is 24.5 Å². The quantitative estimate of drug-likeness (QED) is 0.673. The van der Waals surface area contributed by atoms with Crippen LogP contribution in [0.4, 0.5) is 0 Å². The first kappa shape index (κ1) is 14.5. The molecule has 1 amide bonds. The number of rotatable bonds is 5. The van der Waals surface area contributed by atoms with E-state index in [0.29, 0.717) is 17.7 Å². The molecule has 0 saturated heterocycles. The number of fused-ring (bicyclic) bond motifs is 1. The maximum absolute atomic E-state index is 11.5. The SMILES string of the molecule is CCOC(=O)CC(O)C(O)c1ccc2c(c1)C(=O)NC2. The molecule has 2 rings (SSSR count). The molecule has 6 nitrogen and oxygen atoms in total. The lowest BCUT2D eigenvalue weighted by molar-refractivity contribution is -0.147. The van der Waals surface area contributed by atoms with Crippen molar-refractivity contribution in [3.05, 3.63) is 34.9 Å². The second-order valence-corrected chi connectivity index (χ2v) is 4.62. The van der Waals surface area contributed by atoms with Crippen molar-refractivity contribution in [3.8, 4) is 0 Å². The molecule has 0 aromatic heterocycles. The molecule has 0 bridgehead atoms. The Balaban J connectivity index is 2.09. The van der Waals surface area contributed by atoms with E-state index in [-0.39, 0.29) is 18.9 Å². The molecule has 3 N–H and O–H groups in total. The Morgan fingerprint density at radius 2 is 2.20 bits per heavy atom. The fraction of sp³-hybridized carbons (Fsp3) is 0.429. The van der Waals surface area contributed by atoms with Gasteiger partial charge in [-0.3, -0.25) is 9.59 Å². The molecule has 1 aliphatic heterocycles. The van der Waals surface area contributed by atoms with Gasteiger partial charge in [-0.1, -0.05) is 12.1 Å². The van der Waals surface area contributed by atoms with Gasteiger partial charge in [0.2, 0.25) is 0 Å². The first-order valence-corrected chi connectivity index (χ1v) is 6.45. The van der Waals surface area contributed by atoms with Gasteiger partial charge in [0.25, 0.3) is 5.91 Å². The molecule has 2 atom stereocenters. The Hall–Kier alpha value is -1.92. The summed E-state index contributed by atoms with van der Waals surface area (Å²) in [5.41, 5.74) is 1.74. The summed E-state index contributed by atoms with van der Waals surface area (Å²) >= 11 is 0. The van der Waals surface area contributed by atoms with Crippen LogP contribution in [0.3, 0.4) is 0 Å². The van der Waals surface area contributed by atoms with Crippen molar-refractivity contribution in [2.75, 3.05) is 6.61 Å². The van der Waals surface area contributed by atoms with Gasteiger partial charge in [0.15, 0.2) is 0 Å². The second kappa shape index (κ2) is 6.02. The molecule has 0 radical (unpaired) electrons. The van der Waals surface area contributed by atoms with E-state index in [2.05, 4.69) is 5.32 Å². The van der Waals surface area contributed by atoms with Crippen LogP contribution in [0.1, 0.15) is 40.9 Å². The molecule has 2 unspecified atom stereocenters. The molecular weight excluding hydrogens is 262 g/mol. The Morgan fingerprint density at radius 1 is 1.45 bits per heavy atom. The van der Waals surface area contributed by atoms with Gasteiger partial charge in [-0.25, -0.2) is 0 Å². The maximum Gasteiger partial charge on any atom is 0.308 e. The summed E-state index contributed by atoms with van der Waals surface area (Å²) in [5, 5.41) is 22.5. The van der Waals surface area contributed by atoms with Crippen LogP contribution < -0.4 is 5.32 Å². The second-order valence-electron chi connectivity index (χ2n) is 4.62. The smallest absolute Gasteiger partial charge is 0.308 e. The molecule has 0 saturated carbocycles. The molecule has 20 heavy (non-hydrogen) atoms. The normalized spacial score (nSPS) is 16.2.